The minimum atomic E-state index is -4.17. The zero-order valence-corrected chi connectivity index (χ0v) is 23.8. The molecule has 212 valence electrons. The van der Waals surface area contributed by atoms with Crippen LogP contribution in [-0.2, 0) is 24.2 Å². The van der Waals surface area contributed by atoms with Crippen LogP contribution in [0.1, 0.15) is 44.6 Å². The van der Waals surface area contributed by atoms with E-state index in [1.54, 1.807) is 32.0 Å². The predicted molar refractivity (Wildman–Crippen MR) is 142 cm³/mol. The lowest BCUT2D eigenvalue weighted by Crippen LogP contribution is -2.35. The lowest BCUT2D eigenvalue weighted by molar-refractivity contribution is -0.0941. The van der Waals surface area contributed by atoms with Crippen molar-refractivity contribution in [3.8, 4) is 17.2 Å². The fourth-order valence-corrected chi connectivity index (χ4v) is 5.19. The van der Waals surface area contributed by atoms with Gasteiger partial charge in [0.15, 0.2) is 11.6 Å². The summed E-state index contributed by atoms with van der Waals surface area (Å²) >= 11 is 5.94. The highest BCUT2D eigenvalue weighted by Gasteiger charge is 2.37. The molecule has 1 saturated heterocycles. The maximum atomic E-state index is 13.8. The Bertz CT molecular complexity index is 1340. The van der Waals surface area contributed by atoms with Gasteiger partial charge in [-0.25, -0.2) is 18.4 Å². The number of anilines is 1. The minimum absolute atomic E-state index is 0.103. The van der Waals surface area contributed by atoms with Gasteiger partial charge in [-0.2, -0.15) is 0 Å². The summed E-state index contributed by atoms with van der Waals surface area (Å²) < 4.78 is 60.1. The lowest BCUT2D eigenvalue weighted by atomic mass is 10.2. The second-order valence-corrected chi connectivity index (χ2v) is 11.4. The summed E-state index contributed by atoms with van der Waals surface area (Å²) in [4.78, 5) is 8.38. The van der Waals surface area contributed by atoms with Crippen molar-refractivity contribution in [1.82, 2.24) is 24.7 Å². The number of hydrogen-bond donors (Lipinski definition) is 1. The van der Waals surface area contributed by atoms with E-state index in [1.807, 2.05) is 0 Å². The summed E-state index contributed by atoms with van der Waals surface area (Å²) in [7, 11) is -1.18. The van der Waals surface area contributed by atoms with Crippen LogP contribution >= 0.6 is 11.6 Å². The lowest BCUT2D eigenvalue weighted by Gasteiger charge is -2.26. The van der Waals surface area contributed by atoms with Gasteiger partial charge in [-0.05, 0) is 32.9 Å². The summed E-state index contributed by atoms with van der Waals surface area (Å²) in [5.41, 5.74) is 0.387. The molecule has 15 heteroatoms. The zero-order valence-electron chi connectivity index (χ0n) is 22.2. The molecule has 3 atom stereocenters. The molecule has 1 fully saturated rings. The van der Waals surface area contributed by atoms with Crippen LogP contribution in [0.4, 0.5) is 5.95 Å². The number of methoxy groups -OCH3 is 2. The highest BCUT2D eigenvalue weighted by atomic mass is 35.5. The second kappa shape index (κ2) is 12.4. The molecule has 3 aromatic rings. The first-order chi connectivity index (χ1) is 18.7. The van der Waals surface area contributed by atoms with Gasteiger partial charge >= 0.3 is 0 Å². The molecule has 0 aliphatic carbocycles. The molecule has 0 radical (unpaired) electrons. The highest BCUT2D eigenvalue weighted by molar-refractivity contribution is 7.93. The molecule has 39 heavy (non-hydrogen) atoms. The number of aromatic nitrogens is 5. The number of nitrogens with zero attached hydrogens (tertiary/aromatic N) is 5. The van der Waals surface area contributed by atoms with Crippen LogP contribution in [0.2, 0.25) is 5.02 Å². The molecule has 1 aliphatic rings. The second-order valence-electron chi connectivity index (χ2n) is 8.88. The molecule has 0 bridgehead atoms. The third kappa shape index (κ3) is 6.41. The number of hydrogen-bond acceptors (Lipinski definition) is 11. The molecule has 2 aromatic heterocycles. The molecule has 4 rings (SSSR count). The normalized spacial score (nSPS) is 17.6. The van der Waals surface area contributed by atoms with Gasteiger partial charge in [-0.15, -0.1) is 10.2 Å². The molecule has 0 saturated carbocycles. The van der Waals surface area contributed by atoms with E-state index in [4.69, 9.17) is 35.3 Å². The largest absolute Gasteiger partial charge is 0.494 e. The van der Waals surface area contributed by atoms with Gasteiger partial charge in [0.2, 0.25) is 16.0 Å². The number of rotatable bonds is 11. The van der Waals surface area contributed by atoms with Gasteiger partial charge < -0.3 is 23.7 Å². The molecule has 1 aliphatic heterocycles. The SMILES string of the molecule is COc1cccc(OC)c1-n1c(NS(=O)(=O)[C@@H](C)[C@@H](OC(C)C)c2ncc(Cl)cn2)nnc1C1COCCO1. The maximum absolute atomic E-state index is 13.8. The van der Waals surface area contributed by atoms with Gasteiger partial charge in [0.25, 0.3) is 0 Å². The Morgan fingerprint density at radius 3 is 2.31 bits per heavy atom. The summed E-state index contributed by atoms with van der Waals surface area (Å²) in [6.45, 7) is 6.06. The third-order valence-corrected chi connectivity index (χ3v) is 7.77. The first-order valence-electron chi connectivity index (χ1n) is 12.2. The molecule has 0 spiro atoms. The molecule has 1 unspecified atom stereocenters. The Morgan fingerprint density at radius 2 is 1.74 bits per heavy atom. The number of halogens is 1. The number of para-hydroxylation sites is 1. The number of sulfonamides is 1. The van der Waals surface area contributed by atoms with E-state index in [-0.39, 0.29) is 24.5 Å². The maximum Gasteiger partial charge on any atom is 0.243 e. The fourth-order valence-electron chi connectivity index (χ4n) is 4.01. The topological polar surface area (TPSA) is 149 Å². The molecule has 3 heterocycles. The summed E-state index contributed by atoms with van der Waals surface area (Å²) in [6.07, 6.45) is 0.832. The van der Waals surface area contributed by atoms with Crippen LogP contribution in [0.15, 0.2) is 30.6 Å². The van der Waals surface area contributed by atoms with E-state index < -0.39 is 27.5 Å². The average molecular weight is 583 g/mol. The van der Waals surface area contributed by atoms with Crippen molar-refractivity contribution in [2.45, 2.75) is 44.3 Å². The third-order valence-electron chi connectivity index (χ3n) is 5.88. The summed E-state index contributed by atoms with van der Waals surface area (Å²) in [5, 5.41) is 7.61. The van der Waals surface area contributed by atoms with Gasteiger partial charge in [0, 0.05) is 12.4 Å². The Labute approximate surface area is 231 Å². The van der Waals surface area contributed by atoms with E-state index >= 15 is 0 Å². The van der Waals surface area contributed by atoms with Crippen LogP contribution < -0.4 is 14.2 Å². The number of nitrogens with one attached hydrogen (secondary N) is 1. The fraction of sp³-hybridized carbons (Fsp3) is 0.500. The van der Waals surface area contributed by atoms with Gasteiger partial charge in [-0.3, -0.25) is 9.29 Å². The number of ether oxygens (including phenoxy) is 5. The smallest absolute Gasteiger partial charge is 0.243 e. The first-order valence-corrected chi connectivity index (χ1v) is 14.1. The van der Waals surface area contributed by atoms with Crippen molar-refractivity contribution in [2.24, 2.45) is 0 Å². The Balaban J connectivity index is 1.79. The van der Waals surface area contributed by atoms with Crippen LogP contribution in [0.3, 0.4) is 0 Å². The van der Waals surface area contributed by atoms with Crippen molar-refractivity contribution in [2.75, 3.05) is 38.8 Å². The van der Waals surface area contributed by atoms with E-state index in [0.29, 0.717) is 41.2 Å². The Hall–Kier alpha value is -3.04. The van der Waals surface area contributed by atoms with Crippen molar-refractivity contribution in [3.63, 3.8) is 0 Å². The summed E-state index contributed by atoms with van der Waals surface area (Å²) in [6, 6.07) is 5.17. The summed E-state index contributed by atoms with van der Waals surface area (Å²) in [5.74, 6) is 1.17. The average Bonchev–Trinajstić information content (AvgIpc) is 3.33. The van der Waals surface area contributed by atoms with Crippen LogP contribution in [-0.4, -0.2) is 78.5 Å². The molecular formula is C24H31ClN6O7S. The van der Waals surface area contributed by atoms with Crippen molar-refractivity contribution in [3.05, 3.63) is 47.3 Å². The van der Waals surface area contributed by atoms with Crippen molar-refractivity contribution in [1.29, 1.82) is 0 Å². The van der Waals surface area contributed by atoms with Crippen LogP contribution in [0.5, 0.6) is 11.5 Å². The predicted octanol–water partition coefficient (Wildman–Crippen LogP) is 3.11. The zero-order chi connectivity index (χ0) is 28.2. The Kier molecular flexibility index (Phi) is 9.23. The van der Waals surface area contributed by atoms with Gasteiger partial charge in [0.1, 0.15) is 34.6 Å². The first kappa shape index (κ1) is 29.0. The minimum Gasteiger partial charge on any atom is -0.494 e. The van der Waals surface area contributed by atoms with E-state index in [9.17, 15) is 8.42 Å². The standard InChI is InChI=1S/C24H31ClN6O7S/c1-14(2)38-21(22-26-11-16(25)12-27-22)15(3)39(32,33)30-24-29-28-23(19-13-36-9-10-37-19)31(24)20-17(34-4)7-6-8-18(20)35-5/h6-8,11-12,14-15,19,21H,9-10,13H2,1-5H3,(H,29,30)/t15-,19?,21+/m0/s1. The quantitative estimate of drug-likeness (QED) is 0.355. The molecule has 1 aromatic carbocycles. The van der Waals surface area contributed by atoms with Gasteiger partial charge in [0.05, 0.1) is 45.2 Å². The monoisotopic (exact) mass is 582 g/mol. The van der Waals surface area contributed by atoms with E-state index in [0.717, 1.165) is 0 Å². The Morgan fingerprint density at radius 1 is 1.08 bits per heavy atom. The van der Waals surface area contributed by atoms with E-state index in [2.05, 4.69) is 24.9 Å². The van der Waals surface area contributed by atoms with Gasteiger partial charge in [-0.1, -0.05) is 17.7 Å². The van der Waals surface area contributed by atoms with Crippen molar-refractivity contribution >= 4 is 27.6 Å². The molecule has 0 amide bonds. The van der Waals surface area contributed by atoms with E-state index in [1.165, 1.54) is 38.1 Å². The number of benzene rings is 1. The molecular weight excluding hydrogens is 552 g/mol. The van der Waals surface area contributed by atoms with Crippen LogP contribution in [0.25, 0.3) is 5.69 Å². The van der Waals surface area contributed by atoms with Crippen LogP contribution in [0, 0.1) is 0 Å². The highest BCUT2D eigenvalue weighted by Crippen LogP contribution is 2.38. The molecule has 1 N–H and O–H groups in total. The van der Waals surface area contributed by atoms with Crippen molar-refractivity contribution < 1.29 is 32.1 Å². The molecule has 13 nitrogen and oxygen atoms in total.